The van der Waals surface area contributed by atoms with Crippen LogP contribution in [-0.2, 0) is 9.59 Å². The van der Waals surface area contributed by atoms with Crippen molar-refractivity contribution in [2.45, 2.75) is 57.4 Å². The smallest absolute Gasteiger partial charge is 0.235 e. The van der Waals surface area contributed by atoms with Crippen molar-refractivity contribution in [1.29, 1.82) is 0 Å². The molecule has 1 aliphatic heterocycles. The van der Waals surface area contributed by atoms with Crippen LogP contribution in [0.2, 0.25) is 0 Å². The number of hydrogen-bond acceptors (Lipinski definition) is 3. The molecule has 4 heteroatoms. The molecular weight excluding hydrogens is 278 g/mol. The molecular formula is C18H23NO3. The predicted octanol–water partition coefficient (Wildman–Crippen LogP) is 2.80. The molecule has 1 N–H and O–H groups in total. The first-order valence-electron chi connectivity index (χ1n) is 8.00. The SMILES string of the molecule is COc1cc(C)c(C2C(=O)NC3(CCCCC3)C2=O)c(C)c1. The molecule has 1 aliphatic carbocycles. The van der Waals surface area contributed by atoms with Crippen LogP contribution in [0.25, 0.3) is 0 Å². The molecule has 1 saturated heterocycles. The highest BCUT2D eigenvalue weighted by atomic mass is 16.5. The van der Waals surface area contributed by atoms with E-state index in [1.54, 1.807) is 7.11 Å². The van der Waals surface area contributed by atoms with Gasteiger partial charge in [-0.15, -0.1) is 0 Å². The first-order chi connectivity index (χ1) is 10.5. The molecule has 1 aromatic rings. The van der Waals surface area contributed by atoms with Gasteiger partial charge in [0.05, 0.1) is 12.6 Å². The van der Waals surface area contributed by atoms with Crippen molar-refractivity contribution in [3.63, 3.8) is 0 Å². The van der Waals surface area contributed by atoms with Crippen LogP contribution in [0.3, 0.4) is 0 Å². The van der Waals surface area contributed by atoms with E-state index in [4.69, 9.17) is 4.74 Å². The number of amides is 1. The molecule has 1 aromatic carbocycles. The van der Waals surface area contributed by atoms with E-state index in [9.17, 15) is 9.59 Å². The van der Waals surface area contributed by atoms with Crippen LogP contribution in [0.4, 0.5) is 0 Å². The third-order valence-corrected chi connectivity index (χ3v) is 5.16. The molecule has 1 heterocycles. The Hall–Kier alpha value is -1.84. The Labute approximate surface area is 131 Å². The fraction of sp³-hybridized carbons (Fsp3) is 0.556. The summed E-state index contributed by atoms with van der Waals surface area (Å²) in [5, 5.41) is 3.03. The Morgan fingerprint density at radius 2 is 1.68 bits per heavy atom. The van der Waals surface area contributed by atoms with Crippen molar-refractivity contribution < 1.29 is 14.3 Å². The van der Waals surface area contributed by atoms with Gasteiger partial charge in [0.1, 0.15) is 11.7 Å². The summed E-state index contributed by atoms with van der Waals surface area (Å²) in [6.45, 7) is 3.88. The van der Waals surface area contributed by atoms with E-state index in [1.165, 1.54) is 0 Å². The molecule has 4 nitrogen and oxygen atoms in total. The van der Waals surface area contributed by atoms with Gasteiger partial charge in [-0.3, -0.25) is 9.59 Å². The highest BCUT2D eigenvalue weighted by molar-refractivity contribution is 6.17. The fourth-order valence-corrected chi connectivity index (χ4v) is 4.06. The Bertz CT molecular complexity index is 606. The van der Waals surface area contributed by atoms with Crippen LogP contribution in [0.15, 0.2) is 12.1 Å². The summed E-state index contributed by atoms with van der Waals surface area (Å²) in [7, 11) is 1.62. The van der Waals surface area contributed by atoms with Gasteiger partial charge >= 0.3 is 0 Å². The quantitative estimate of drug-likeness (QED) is 0.855. The average Bonchev–Trinajstić information content (AvgIpc) is 2.71. The molecule has 0 aromatic heterocycles. The Morgan fingerprint density at radius 3 is 2.23 bits per heavy atom. The first kappa shape index (κ1) is 15.1. The summed E-state index contributed by atoms with van der Waals surface area (Å²) in [5.41, 5.74) is 2.13. The van der Waals surface area contributed by atoms with E-state index in [1.807, 2.05) is 26.0 Å². The van der Waals surface area contributed by atoms with E-state index >= 15 is 0 Å². The monoisotopic (exact) mass is 301 g/mol. The number of methoxy groups -OCH3 is 1. The van der Waals surface area contributed by atoms with Crippen molar-refractivity contribution in [1.82, 2.24) is 5.32 Å². The van der Waals surface area contributed by atoms with E-state index in [0.717, 1.165) is 54.5 Å². The Morgan fingerprint density at radius 1 is 1.09 bits per heavy atom. The number of ether oxygens (including phenoxy) is 1. The van der Waals surface area contributed by atoms with Crippen molar-refractivity contribution in [3.8, 4) is 5.75 Å². The normalized spacial score (nSPS) is 23.7. The zero-order valence-corrected chi connectivity index (χ0v) is 13.5. The zero-order chi connectivity index (χ0) is 15.9. The molecule has 22 heavy (non-hydrogen) atoms. The lowest BCUT2D eigenvalue weighted by Crippen LogP contribution is -2.47. The van der Waals surface area contributed by atoms with Crippen molar-refractivity contribution in [2.75, 3.05) is 7.11 Å². The molecule has 1 spiro atoms. The Balaban J connectivity index is 2.02. The van der Waals surface area contributed by atoms with Crippen LogP contribution in [0.5, 0.6) is 5.75 Å². The third-order valence-electron chi connectivity index (χ3n) is 5.16. The zero-order valence-electron chi connectivity index (χ0n) is 13.5. The van der Waals surface area contributed by atoms with E-state index < -0.39 is 11.5 Å². The second-order valence-electron chi connectivity index (χ2n) is 6.60. The largest absolute Gasteiger partial charge is 0.497 e. The van der Waals surface area contributed by atoms with Crippen molar-refractivity contribution in [3.05, 3.63) is 28.8 Å². The molecule has 2 aliphatic rings. The van der Waals surface area contributed by atoms with Gasteiger partial charge < -0.3 is 10.1 Å². The minimum absolute atomic E-state index is 0.0635. The first-order valence-corrected chi connectivity index (χ1v) is 8.00. The number of nitrogens with one attached hydrogen (secondary N) is 1. The highest BCUT2D eigenvalue weighted by Gasteiger charge is 2.53. The molecule has 2 fully saturated rings. The number of carbonyl (C=O) groups is 2. The van der Waals surface area contributed by atoms with Gasteiger partial charge in [0.2, 0.25) is 5.91 Å². The van der Waals surface area contributed by atoms with Gasteiger partial charge in [-0.2, -0.15) is 0 Å². The molecule has 0 radical (unpaired) electrons. The van der Waals surface area contributed by atoms with E-state index in [-0.39, 0.29) is 11.7 Å². The summed E-state index contributed by atoms with van der Waals surface area (Å²) in [6.07, 6.45) is 4.74. The summed E-state index contributed by atoms with van der Waals surface area (Å²) < 4.78 is 5.27. The Kier molecular flexibility index (Phi) is 3.71. The van der Waals surface area contributed by atoms with Gasteiger partial charge in [0, 0.05) is 0 Å². The highest BCUT2D eigenvalue weighted by Crippen LogP contribution is 2.41. The molecule has 3 rings (SSSR count). The number of rotatable bonds is 2. The molecule has 1 saturated carbocycles. The molecule has 0 bridgehead atoms. The van der Waals surface area contributed by atoms with Crippen molar-refractivity contribution in [2.24, 2.45) is 0 Å². The van der Waals surface area contributed by atoms with Gasteiger partial charge in [-0.25, -0.2) is 0 Å². The fourth-order valence-electron chi connectivity index (χ4n) is 4.06. The lowest BCUT2D eigenvalue weighted by atomic mass is 9.76. The van der Waals surface area contributed by atoms with E-state index in [2.05, 4.69) is 5.32 Å². The molecule has 118 valence electrons. The summed E-state index contributed by atoms with van der Waals surface area (Å²) in [5.74, 6) is 0.0258. The number of benzene rings is 1. The summed E-state index contributed by atoms with van der Waals surface area (Å²) in [6, 6.07) is 3.80. The minimum Gasteiger partial charge on any atom is -0.497 e. The van der Waals surface area contributed by atoms with Gasteiger partial charge in [-0.1, -0.05) is 19.3 Å². The second-order valence-corrected chi connectivity index (χ2v) is 6.60. The van der Waals surface area contributed by atoms with Crippen LogP contribution >= 0.6 is 0 Å². The summed E-state index contributed by atoms with van der Waals surface area (Å²) >= 11 is 0. The van der Waals surface area contributed by atoms with Gasteiger partial charge in [0.25, 0.3) is 0 Å². The predicted molar refractivity (Wildman–Crippen MR) is 84.2 cm³/mol. The molecule has 1 atom stereocenters. The van der Waals surface area contributed by atoms with Crippen LogP contribution < -0.4 is 10.1 Å². The lowest BCUT2D eigenvalue weighted by molar-refractivity contribution is -0.125. The summed E-state index contributed by atoms with van der Waals surface area (Å²) in [4.78, 5) is 25.6. The molecule has 1 unspecified atom stereocenters. The van der Waals surface area contributed by atoms with E-state index in [0.29, 0.717) is 0 Å². The molecule has 1 amide bonds. The number of hydrogen-bond donors (Lipinski definition) is 1. The van der Waals surface area contributed by atoms with Gasteiger partial charge in [-0.05, 0) is 55.5 Å². The topological polar surface area (TPSA) is 55.4 Å². The minimum atomic E-state index is -0.663. The van der Waals surface area contributed by atoms with Crippen LogP contribution in [-0.4, -0.2) is 24.3 Å². The lowest BCUT2D eigenvalue weighted by Gasteiger charge is -2.31. The third kappa shape index (κ3) is 2.21. The van der Waals surface area contributed by atoms with Gasteiger partial charge in [0.15, 0.2) is 5.78 Å². The maximum Gasteiger partial charge on any atom is 0.235 e. The number of ketones is 1. The number of Topliss-reactive ketones (excluding diaryl/α,β-unsaturated/α-hetero) is 1. The maximum absolute atomic E-state index is 13.0. The maximum atomic E-state index is 13.0. The number of aryl methyl sites for hydroxylation is 2. The van der Waals surface area contributed by atoms with Crippen LogP contribution in [0, 0.1) is 13.8 Å². The number of carbonyl (C=O) groups excluding carboxylic acids is 2. The van der Waals surface area contributed by atoms with Crippen LogP contribution in [0.1, 0.15) is 54.7 Å². The van der Waals surface area contributed by atoms with Crippen molar-refractivity contribution >= 4 is 11.7 Å². The average molecular weight is 301 g/mol. The standard InChI is InChI=1S/C18H23NO3/c1-11-9-13(22-3)10-12(2)14(11)15-16(20)18(19-17(15)21)7-5-4-6-8-18/h9-10,15H,4-8H2,1-3H3,(H,19,21). The second kappa shape index (κ2) is 5.41.